The van der Waals surface area contributed by atoms with Crippen LogP contribution in [-0.4, -0.2) is 68.0 Å². The smallest absolute Gasteiger partial charge is 0.256 e. The van der Waals surface area contributed by atoms with Gasteiger partial charge in [-0.05, 0) is 37.1 Å². The van der Waals surface area contributed by atoms with E-state index in [1.165, 1.54) is 0 Å². The highest BCUT2D eigenvalue weighted by atomic mass is 32.2. The van der Waals surface area contributed by atoms with E-state index in [0.717, 1.165) is 0 Å². The average molecular weight is 458 g/mol. The van der Waals surface area contributed by atoms with E-state index < -0.39 is 10.0 Å². The molecule has 4 aliphatic rings. The van der Waals surface area contributed by atoms with Crippen LogP contribution in [0.4, 0.5) is 5.69 Å². The van der Waals surface area contributed by atoms with Gasteiger partial charge >= 0.3 is 0 Å². The number of nitrogens with one attached hydrogen (secondary N) is 1. The summed E-state index contributed by atoms with van der Waals surface area (Å²) in [5.41, 5.74) is 1.13. The number of hydrogen-bond acceptors (Lipinski definition) is 7. The number of rotatable bonds is 3. The van der Waals surface area contributed by atoms with Crippen LogP contribution in [-0.2, 0) is 19.6 Å². The van der Waals surface area contributed by atoms with E-state index in [4.69, 9.17) is 9.47 Å². The largest absolute Gasteiger partial charge is 0.454 e. The Morgan fingerprint density at radius 2 is 1.84 bits per heavy atom. The molecule has 0 unspecified atom stereocenters. The molecule has 1 fully saturated rings. The number of amidine groups is 1. The number of benzene rings is 1. The zero-order chi connectivity index (χ0) is 22.3. The molecule has 5 rings (SSSR count). The number of nitrogens with zero attached hydrogens (tertiary/aromatic N) is 3. The maximum absolute atomic E-state index is 12.9. The van der Waals surface area contributed by atoms with Crippen molar-refractivity contribution in [3.8, 4) is 11.5 Å². The van der Waals surface area contributed by atoms with Crippen molar-refractivity contribution >= 4 is 33.4 Å². The Bertz CT molecular complexity index is 1160. The number of anilines is 1. The van der Waals surface area contributed by atoms with Crippen LogP contribution in [0.1, 0.15) is 12.8 Å². The minimum atomic E-state index is -3.43. The topological polar surface area (TPSA) is 118 Å². The fourth-order valence-corrected chi connectivity index (χ4v) is 5.04. The van der Waals surface area contributed by atoms with Crippen LogP contribution in [0.3, 0.4) is 0 Å². The Balaban J connectivity index is 1.17. The fraction of sp³-hybridized carbons (Fsp3) is 0.381. The Morgan fingerprint density at radius 3 is 2.66 bits per heavy atom. The third-order valence-corrected chi connectivity index (χ3v) is 7.03. The number of amides is 2. The zero-order valence-electron chi connectivity index (χ0n) is 17.2. The predicted molar refractivity (Wildman–Crippen MR) is 116 cm³/mol. The van der Waals surface area contributed by atoms with Gasteiger partial charge in [0.1, 0.15) is 5.84 Å². The number of hydrogen-bond donors (Lipinski definition) is 1. The summed E-state index contributed by atoms with van der Waals surface area (Å²) in [6.07, 6.45) is 5.92. The molecule has 2 amide bonds. The van der Waals surface area contributed by atoms with Crippen molar-refractivity contribution in [2.45, 2.75) is 12.8 Å². The third kappa shape index (κ3) is 4.07. The molecule has 0 aliphatic carbocycles. The molecule has 1 aromatic carbocycles. The number of ether oxygens (including phenoxy) is 2. The van der Waals surface area contributed by atoms with Gasteiger partial charge in [-0.25, -0.2) is 8.42 Å². The monoisotopic (exact) mass is 458 g/mol. The van der Waals surface area contributed by atoms with Gasteiger partial charge in [-0.15, -0.1) is 4.40 Å². The van der Waals surface area contributed by atoms with Crippen LogP contribution < -0.4 is 14.8 Å². The molecule has 4 aliphatic heterocycles. The lowest BCUT2D eigenvalue weighted by Crippen LogP contribution is -2.43. The molecule has 168 valence electrons. The quantitative estimate of drug-likeness (QED) is 0.720. The van der Waals surface area contributed by atoms with Gasteiger partial charge in [0, 0.05) is 43.5 Å². The summed E-state index contributed by atoms with van der Waals surface area (Å²) in [5, 5.41) is 2.92. The van der Waals surface area contributed by atoms with E-state index >= 15 is 0 Å². The molecule has 11 heteroatoms. The highest BCUT2D eigenvalue weighted by Gasteiger charge is 2.31. The number of carbonyl (C=O) groups excluding carboxylic acids is 2. The number of piperidine rings is 1. The minimum absolute atomic E-state index is 0.0772. The summed E-state index contributed by atoms with van der Waals surface area (Å²) in [7, 11) is -3.43. The third-order valence-electron chi connectivity index (χ3n) is 5.86. The van der Waals surface area contributed by atoms with Crippen LogP contribution >= 0.6 is 0 Å². The SMILES string of the molecule is O=C(Nc1ccc2c(c1)OCO2)C1CCN(C(=O)C2=CN3CCS(=O)(=O)N=C3C=C2)CC1. The van der Waals surface area contributed by atoms with Gasteiger partial charge in [0.05, 0.1) is 11.3 Å². The highest BCUT2D eigenvalue weighted by Crippen LogP contribution is 2.34. The van der Waals surface area contributed by atoms with E-state index in [-0.39, 0.29) is 36.8 Å². The van der Waals surface area contributed by atoms with Crippen LogP contribution in [0, 0.1) is 5.92 Å². The van der Waals surface area contributed by atoms with Crippen molar-refractivity contribution in [3.05, 3.63) is 42.1 Å². The number of fused-ring (bicyclic) bond motifs is 2. The summed E-state index contributed by atoms with van der Waals surface area (Å²) in [6, 6.07) is 5.28. The van der Waals surface area contributed by atoms with Crippen LogP contribution in [0.2, 0.25) is 0 Å². The van der Waals surface area contributed by atoms with Crippen LogP contribution in [0.15, 0.2) is 46.5 Å². The molecule has 4 heterocycles. The highest BCUT2D eigenvalue weighted by molar-refractivity contribution is 7.90. The first kappa shape index (κ1) is 20.6. The van der Waals surface area contributed by atoms with Gasteiger partial charge in [0.25, 0.3) is 15.9 Å². The van der Waals surface area contributed by atoms with Gasteiger partial charge in [0.2, 0.25) is 12.7 Å². The second-order valence-electron chi connectivity index (χ2n) is 7.97. The van der Waals surface area contributed by atoms with Crippen molar-refractivity contribution in [1.82, 2.24) is 9.80 Å². The molecule has 1 saturated heterocycles. The lowest BCUT2D eigenvalue weighted by Gasteiger charge is -2.33. The molecule has 1 N–H and O–H groups in total. The second kappa shape index (κ2) is 7.97. The number of carbonyl (C=O) groups is 2. The summed E-state index contributed by atoms with van der Waals surface area (Å²) < 4.78 is 37.6. The summed E-state index contributed by atoms with van der Waals surface area (Å²) in [6.45, 7) is 1.39. The van der Waals surface area contributed by atoms with Crippen molar-refractivity contribution in [2.24, 2.45) is 10.3 Å². The fourth-order valence-electron chi connectivity index (χ4n) is 4.07. The van der Waals surface area contributed by atoms with E-state index in [0.29, 0.717) is 54.5 Å². The first-order valence-corrected chi connectivity index (χ1v) is 12.0. The predicted octanol–water partition coefficient (Wildman–Crippen LogP) is 1.09. The van der Waals surface area contributed by atoms with Crippen molar-refractivity contribution in [1.29, 1.82) is 0 Å². The maximum atomic E-state index is 12.9. The molecule has 0 saturated carbocycles. The van der Waals surface area contributed by atoms with Gasteiger partial charge < -0.3 is 24.6 Å². The minimum Gasteiger partial charge on any atom is -0.454 e. The van der Waals surface area contributed by atoms with Crippen molar-refractivity contribution in [2.75, 3.05) is 37.5 Å². The molecule has 0 radical (unpaired) electrons. The lowest BCUT2D eigenvalue weighted by atomic mass is 9.95. The Hall–Kier alpha value is -3.34. The van der Waals surface area contributed by atoms with Gasteiger partial charge in [-0.3, -0.25) is 9.59 Å². The Morgan fingerprint density at radius 1 is 1.06 bits per heavy atom. The number of sulfonamides is 1. The molecule has 0 bridgehead atoms. The molecule has 0 aromatic heterocycles. The summed E-state index contributed by atoms with van der Waals surface area (Å²) >= 11 is 0. The average Bonchev–Trinajstić information content (AvgIpc) is 3.26. The van der Waals surface area contributed by atoms with Crippen LogP contribution in [0.5, 0.6) is 11.5 Å². The molecular formula is C21H22N4O6S. The standard InChI is InChI=1S/C21H22N4O6S/c26-20(22-16-2-3-17-18(11-16)31-13-30-17)14-5-7-24(8-6-14)21(27)15-1-4-19-23-32(28,29)10-9-25(19)12-15/h1-4,11-12,14H,5-10,13H2,(H,22,26). The van der Waals surface area contributed by atoms with E-state index in [1.54, 1.807) is 46.4 Å². The molecule has 1 aromatic rings. The molecule has 0 atom stereocenters. The molecule has 10 nitrogen and oxygen atoms in total. The summed E-state index contributed by atoms with van der Waals surface area (Å²) in [5.74, 6) is 1.11. The van der Waals surface area contributed by atoms with Gasteiger partial charge in [0.15, 0.2) is 11.5 Å². The van der Waals surface area contributed by atoms with Crippen molar-refractivity contribution in [3.63, 3.8) is 0 Å². The molecular weight excluding hydrogens is 436 g/mol. The van der Waals surface area contributed by atoms with E-state index in [1.807, 2.05) is 0 Å². The maximum Gasteiger partial charge on any atom is 0.256 e. The normalized spacial score (nSPS) is 21.5. The molecule has 32 heavy (non-hydrogen) atoms. The number of likely N-dealkylation sites (tertiary alicyclic amines) is 1. The Labute approximate surface area is 185 Å². The first-order chi connectivity index (χ1) is 15.4. The summed E-state index contributed by atoms with van der Waals surface area (Å²) in [4.78, 5) is 29.0. The van der Waals surface area contributed by atoms with Gasteiger partial charge in [-0.1, -0.05) is 0 Å². The zero-order valence-corrected chi connectivity index (χ0v) is 18.0. The van der Waals surface area contributed by atoms with Gasteiger partial charge in [-0.2, -0.15) is 0 Å². The lowest BCUT2D eigenvalue weighted by molar-refractivity contribution is -0.130. The van der Waals surface area contributed by atoms with E-state index in [9.17, 15) is 18.0 Å². The van der Waals surface area contributed by atoms with Crippen LogP contribution in [0.25, 0.3) is 0 Å². The van der Waals surface area contributed by atoms with E-state index in [2.05, 4.69) is 9.71 Å². The Kier molecular flexibility index (Phi) is 5.12. The second-order valence-corrected chi connectivity index (χ2v) is 9.73. The molecule has 0 spiro atoms. The van der Waals surface area contributed by atoms with Crippen molar-refractivity contribution < 1.29 is 27.5 Å². The first-order valence-electron chi connectivity index (χ1n) is 10.4.